The summed E-state index contributed by atoms with van der Waals surface area (Å²) in [6.07, 6.45) is 2.01. The van der Waals surface area contributed by atoms with Gasteiger partial charge in [-0.3, -0.25) is 9.69 Å². The van der Waals surface area contributed by atoms with Crippen LogP contribution in [0.4, 0.5) is 5.69 Å². The number of rotatable bonds is 6. The second kappa shape index (κ2) is 11.4. The van der Waals surface area contributed by atoms with Crippen LogP contribution in [0.2, 0.25) is 5.02 Å². The van der Waals surface area contributed by atoms with E-state index in [9.17, 15) is 4.79 Å². The van der Waals surface area contributed by atoms with Crippen molar-refractivity contribution < 1.29 is 4.79 Å². The monoisotopic (exact) mass is 541 g/mol. The van der Waals surface area contributed by atoms with Gasteiger partial charge in [-0.1, -0.05) is 48.0 Å². The molecule has 0 N–H and O–H groups in total. The summed E-state index contributed by atoms with van der Waals surface area (Å²) in [6, 6.07) is 25.0. The first kappa shape index (κ1) is 25.9. The maximum atomic E-state index is 13.6. The van der Waals surface area contributed by atoms with Crippen molar-refractivity contribution in [2.45, 2.75) is 32.9 Å². The van der Waals surface area contributed by atoms with E-state index in [0.717, 1.165) is 87.1 Å². The van der Waals surface area contributed by atoms with E-state index in [-0.39, 0.29) is 5.92 Å². The smallest absolute Gasteiger partial charge is 0.227 e. The number of amides is 1. The van der Waals surface area contributed by atoms with Crippen molar-refractivity contribution in [2.24, 2.45) is 5.92 Å². The molecule has 0 bridgehead atoms. The topological polar surface area (TPSA) is 44.6 Å². The van der Waals surface area contributed by atoms with E-state index in [1.807, 2.05) is 18.2 Å². The van der Waals surface area contributed by atoms with E-state index >= 15 is 0 Å². The van der Waals surface area contributed by atoms with Gasteiger partial charge in [0.1, 0.15) is 5.82 Å². The van der Waals surface area contributed by atoms with Gasteiger partial charge in [0.15, 0.2) is 0 Å². The van der Waals surface area contributed by atoms with Gasteiger partial charge in [-0.2, -0.15) is 0 Å². The van der Waals surface area contributed by atoms with E-state index in [2.05, 4.69) is 80.8 Å². The number of aryl methyl sites for hydroxylation is 1. The van der Waals surface area contributed by atoms with E-state index in [0.29, 0.717) is 5.91 Å². The molecule has 0 saturated carbocycles. The SMILES string of the molecule is Cc1cccc(N2CCN(C(=O)[C@H]3CCCN(Cc4nc5ccccc5n4Cc4ccc(Cl)cc4)C3)CC2)c1. The summed E-state index contributed by atoms with van der Waals surface area (Å²) >= 11 is 6.13. The molecule has 6 nitrogen and oxygen atoms in total. The summed E-state index contributed by atoms with van der Waals surface area (Å²) in [5, 5.41) is 0.745. The molecule has 2 fully saturated rings. The lowest BCUT2D eigenvalue weighted by Gasteiger charge is -2.39. The number of benzene rings is 3. The molecule has 0 spiro atoms. The van der Waals surface area contributed by atoms with Crippen molar-refractivity contribution in [1.29, 1.82) is 0 Å². The Hall–Kier alpha value is -3.35. The molecular weight excluding hydrogens is 506 g/mol. The number of aromatic nitrogens is 2. The predicted molar refractivity (Wildman–Crippen MR) is 158 cm³/mol. The van der Waals surface area contributed by atoms with Gasteiger partial charge in [-0.25, -0.2) is 4.98 Å². The molecule has 0 unspecified atom stereocenters. The molecule has 2 aliphatic heterocycles. The zero-order valence-corrected chi connectivity index (χ0v) is 23.4. The van der Waals surface area contributed by atoms with Crippen LogP contribution in [0.5, 0.6) is 0 Å². The highest BCUT2D eigenvalue weighted by Gasteiger charge is 2.31. The highest BCUT2D eigenvalue weighted by atomic mass is 35.5. The fourth-order valence-corrected chi connectivity index (χ4v) is 6.19. The van der Waals surface area contributed by atoms with Crippen LogP contribution in [0.1, 0.15) is 29.8 Å². The van der Waals surface area contributed by atoms with Crippen molar-refractivity contribution in [3.63, 3.8) is 0 Å². The van der Waals surface area contributed by atoms with Crippen molar-refractivity contribution in [3.8, 4) is 0 Å². The van der Waals surface area contributed by atoms with Crippen LogP contribution < -0.4 is 4.90 Å². The minimum atomic E-state index is 0.0540. The molecule has 1 amide bonds. The number of fused-ring (bicyclic) bond motifs is 1. The summed E-state index contributed by atoms with van der Waals surface area (Å²) in [6.45, 7) is 8.77. The number of hydrogen-bond acceptors (Lipinski definition) is 4. The number of likely N-dealkylation sites (tertiary alicyclic amines) is 1. The first-order chi connectivity index (χ1) is 19.0. The zero-order chi connectivity index (χ0) is 26.8. The number of hydrogen-bond donors (Lipinski definition) is 0. The average Bonchev–Trinajstić information content (AvgIpc) is 3.30. The van der Waals surface area contributed by atoms with Crippen LogP contribution in [0.25, 0.3) is 11.0 Å². The quantitative estimate of drug-likeness (QED) is 0.318. The van der Waals surface area contributed by atoms with Crippen LogP contribution in [0.3, 0.4) is 0 Å². The van der Waals surface area contributed by atoms with Crippen LogP contribution in [0, 0.1) is 12.8 Å². The number of piperidine rings is 1. The highest BCUT2D eigenvalue weighted by molar-refractivity contribution is 6.30. The summed E-state index contributed by atoms with van der Waals surface area (Å²) in [7, 11) is 0. The third-order valence-corrected chi connectivity index (χ3v) is 8.42. The molecule has 39 heavy (non-hydrogen) atoms. The molecule has 2 aliphatic rings. The Bertz CT molecular complexity index is 1440. The third-order valence-electron chi connectivity index (χ3n) is 8.17. The van der Waals surface area contributed by atoms with Crippen LogP contribution in [-0.2, 0) is 17.9 Å². The molecule has 3 heterocycles. The van der Waals surface area contributed by atoms with Crippen LogP contribution >= 0.6 is 11.6 Å². The largest absolute Gasteiger partial charge is 0.368 e. The van der Waals surface area contributed by atoms with Gasteiger partial charge in [0.05, 0.1) is 23.5 Å². The lowest BCUT2D eigenvalue weighted by molar-refractivity contribution is -0.137. The lowest BCUT2D eigenvalue weighted by atomic mass is 9.96. The van der Waals surface area contributed by atoms with E-state index in [1.54, 1.807) is 0 Å². The number of halogens is 1. The Morgan fingerprint density at radius 1 is 0.923 bits per heavy atom. The maximum absolute atomic E-state index is 13.6. The molecule has 0 radical (unpaired) electrons. The number of piperazine rings is 1. The van der Waals surface area contributed by atoms with E-state index in [1.165, 1.54) is 16.8 Å². The molecule has 3 aromatic carbocycles. The number of anilines is 1. The predicted octanol–water partition coefficient (Wildman–Crippen LogP) is 5.61. The minimum absolute atomic E-state index is 0.0540. The minimum Gasteiger partial charge on any atom is -0.368 e. The van der Waals surface area contributed by atoms with Crippen molar-refractivity contribution >= 4 is 34.2 Å². The summed E-state index contributed by atoms with van der Waals surface area (Å²) in [5.74, 6) is 1.42. The van der Waals surface area contributed by atoms with Gasteiger partial charge in [-0.05, 0) is 73.8 Å². The Labute approximate surface area is 235 Å². The Morgan fingerprint density at radius 3 is 2.51 bits per heavy atom. The van der Waals surface area contributed by atoms with Gasteiger partial charge in [0.25, 0.3) is 0 Å². The molecule has 0 aliphatic carbocycles. The molecule has 7 heteroatoms. The standard InChI is InChI=1S/C32H36ClN5O/c1-24-6-4-8-28(20-24)36-16-18-37(19-17-36)32(39)26-7-5-15-35(22-26)23-31-34-29-9-2-3-10-30(29)38(31)21-25-11-13-27(33)14-12-25/h2-4,6,8-14,20,26H,5,7,15-19,21-23H2,1H3/t26-/m0/s1. The Kier molecular flexibility index (Phi) is 7.58. The number of carbonyl (C=O) groups excluding carboxylic acids is 1. The molecule has 4 aromatic rings. The Balaban J connectivity index is 1.12. The van der Waals surface area contributed by atoms with E-state index in [4.69, 9.17) is 16.6 Å². The van der Waals surface area contributed by atoms with Gasteiger partial charge in [-0.15, -0.1) is 0 Å². The van der Waals surface area contributed by atoms with Crippen molar-refractivity contribution in [1.82, 2.24) is 19.4 Å². The second-order valence-electron chi connectivity index (χ2n) is 11.0. The number of imidazole rings is 1. The van der Waals surface area contributed by atoms with Crippen LogP contribution in [0.15, 0.2) is 72.8 Å². The maximum Gasteiger partial charge on any atom is 0.227 e. The van der Waals surface area contributed by atoms with Gasteiger partial charge in [0.2, 0.25) is 5.91 Å². The Morgan fingerprint density at radius 2 is 1.72 bits per heavy atom. The average molecular weight is 542 g/mol. The number of para-hydroxylation sites is 2. The van der Waals surface area contributed by atoms with Gasteiger partial charge < -0.3 is 14.4 Å². The molecule has 1 atom stereocenters. The highest BCUT2D eigenvalue weighted by Crippen LogP contribution is 2.25. The summed E-state index contributed by atoms with van der Waals surface area (Å²) < 4.78 is 2.31. The first-order valence-corrected chi connectivity index (χ1v) is 14.4. The molecule has 6 rings (SSSR count). The molecule has 202 valence electrons. The number of nitrogens with zero attached hydrogens (tertiary/aromatic N) is 5. The normalized spacial score (nSPS) is 18.6. The first-order valence-electron chi connectivity index (χ1n) is 14.0. The van der Waals surface area contributed by atoms with E-state index < -0.39 is 0 Å². The van der Waals surface area contributed by atoms with Gasteiger partial charge >= 0.3 is 0 Å². The fraction of sp³-hybridized carbons (Fsp3) is 0.375. The van der Waals surface area contributed by atoms with Crippen LogP contribution in [-0.4, -0.2) is 64.5 Å². The summed E-state index contributed by atoms with van der Waals surface area (Å²) in [5.41, 5.74) is 5.87. The molecule has 1 aromatic heterocycles. The molecule has 2 saturated heterocycles. The summed E-state index contributed by atoms with van der Waals surface area (Å²) in [4.78, 5) is 25.5. The van der Waals surface area contributed by atoms with Crippen molar-refractivity contribution in [2.75, 3.05) is 44.2 Å². The number of carbonyl (C=O) groups is 1. The fourth-order valence-electron chi connectivity index (χ4n) is 6.06. The van der Waals surface area contributed by atoms with Gasteiger partial charge in [0, 0.05) is 50.0 Å². The second-order valence-corrected chi connectivity index (χ2v) is 11.4. The lowest BCUT2D eigenvalue weighted by Crippen LogP contribution is -2.52. The third kappa shape index (κ3) is 5.82. The van der Waals surface area contributed by atoms with Crippen molar-refractivity contribution in [3.05, 3.63) is 94.8 Å². The zero-order valence-electron chi connectivity index (χ0n) is 22.6. The molecular formula is C32H36ClN5O.